The molecule has 2 aromatic carbocycles. The maximum absolute atomic E-state index is 12.6. The molecule has 0 N–H and O–H groups in total. The van der Waals surface area contributed by atoms with E-state index < -0.39 is 24.6 Å². The van der Waals surface area contributed by atoms with E-state index in [4.69, 9.17) is 18.9 Å². The summed E-state index contributed by atoms with van der Waals surface area (Å²) in [5.74, 6) is -0.132. The minimum atomic E-state index is -0.743. The lowest BCUT2D eigenvalue weighted by Gasteiger charge is -2.38. The first-order chi connectivity index (χ1) is 12.7. The lowest BCUT2D eigenvalue weighted by molar-refractivity contribution is -0.262. The van der Waals surface area contributed by atoms with Gasteiger partial charge in [-0.05, 0) is 18.1 Å². The minimum Gasteiger partial charge on any atom is -0.365 e. The standard InChI is InChI=1S/C21H24O5/c1-15-18(22)19(24-13-16-9-5-3-6-10-16)20(21(23-2)26-15)25-14-17-11-7-4-8-12-17/h3-12,15,19-21H,13-14H2,1-2H3/t15-,19+,20-,21+/m1/s1. The smallest absolute Gasteiger partial charge is 0.192 e. The van der Waals surface area contributed by atoms with E-state index in [2.05, 4.69) is 0 Å². The summed E-state index contributed by atoms with van der Waals surface area (Å²) < 4.78 is 23.0. The zero-order valence-corrected chi connectivity index (χ0v) is 15.0. The van der Waals surface area contributed by atoms with Crippen molar-refractivity contribution in [3.05, 3.63) is 71.8 Å². The zero-order chi connectivity index (χ0) is 18.4. The highest BCUT2D eigenvalue weighted by atomic mass is 16.7. The first-order valence-electron chi connectivity index (χ1n) is 8.72. The summed E-state index contributed by atoms with van der Waals surface area (Å²) in [6.07, 6.45) is -2.63. The summed E-state index contributed by atoms with van der Waals surface area (Å²) in [5.41, 5.74) is 2.01. The summed E-state index contributed by atoms with van der Waals surface area (Å²) >= 11 is 0. The van der Waals surface area contributed by atoms with Crippen LogP contribution in [0.1, 0.15) is 18.1 Å². The van der Waals surface area contributed by atoms with Gasteiger partial charge in [0.2, 0.25) is 0 Å². The van der Waals surface area contributed by atoms with Gasteiger partial charge in [-0.2, -0.15) is 0 Å². The molecule has 3 rings (SSSR count). The number of rotatable bonds is 7. The molecule has 0 spiro atoms. The number of carbonyl (C=O) groups excluding carboxylic acids is 1. The molecule has 4 atom stereocenters. The third-order valence-electron chi connectivity index (χ3n) is 4.38. The van der Waals surface area contributed by atoms with E-state index in [1.54, 1.807) is 14.0 Å². The Bertz CT molecular complexity index is 688. The zero-order valence-electron chi connectivity index (χ0n) is 15.0. The number of methoxy groups -OCH3 is 1. The lowest BCUT2D eigenvalue weighted by atomic mass is 10.0. The Morgan fingerprint density at radius 1 is 0.885 bits per heavy atom. The number of benzene rings is 2. The van der Waals surface area contributed by atoms with Gasteiger partial charge in [0.05, 0.1) is 13.2 Å². The summed E-state index contributed by atoms with van der Waals surface area (Å²) in [4.78, 5) is 12.6. The van der Waals surface area contributed by atoms with Gasteiger partial charge in [-0.1, -0.05) is 60.7 Å². The number of Topliss-reactive ketones (excluding diaryl/α,β-unsaturated/α-hetero) is 1. The topological polar surface area (TPSA) is 54.0 Å². The average molecular weight is 356 g/mol. The second-order valence-electron chi connectivity index (χ2n) is 6.26. The van der Waals surface area contributed by atoms with Gasteiger partial charge in [-0.15, -0.1) is 0 Å². The Labute approximate surface area is 153 Å². The molecule has 26 heavy (non-hydrogen) atoms. The number of ether oxygens (including phenoxy) is 4. The molecule has 5 heteroatoms. The molecule has 1 aliphatic rings. The van der Waals surface area contributed by atoms with Gasteiger partial charge >= 0.3 is 0 Å². The fourth-order valence-corrected chi connectivity index (χ4v) is 2.94. The molecule has 1 fully saturated rings. The summed E-state index contributed by atoms with van der Waals surface area (Å²) in [6.45, 7) is 2.38. The largest absolute Gasteiger partial charge is 0.365 e. The van der Waals surface area contributed by atoms with Gasteiger partial charge in [-0.3, -0.25) is 4.79 Å². The molecular weight excluding hydrogens is 332 g/mol. The third kappa shape index (κ3) is 4.56. The Balaban J connectivity index is 1.72. The van der Waals surface area contributed by atoms with E-state index in [9.17, 15) is 4.79 Å². The van der Waals surface area contributed by atoms with Crippen LogP contribution in [0, 0.1) is 0 Å². The maximum Gasteiger partial charge on any atom is 0.192 e. The van der Waals surface area contributed by atoms with Crippen molar-refractivity contribution >= 4 is 5.78 Å². The fraction of sp³-hybridized carbons (Fsp3) is 0.381. The first-order valence-corrected chi connectivity index (χ1v) is 8.72. The van der Waals surface area contributed by atoms with Gasteiger partial charge in [0.25, 0.3) is 0 Å². The van der Waals surface area contributed by atoms with E-state index >= 15 is 0 Å². The Kier molecular flexibility index (Phi) is 6.52. The molecular formula is C21H24O5. The Morgan fingerprint density at radius 2 is 1.42 bits per heavy atom. The van der Waals surface area contributed by atoms with E-state index in [1.165, 1.54) is 0 Å². The van der Waals surface area contributed by atoms with Gasteiger partial charge in [-0.25, -0.2) is 0 Å². The second-order valence-corrected chi connectivity index (χ2v) is 6.26. The molecule has 0 saturated carbocycles. The molecule has 5 nitrogen and oxygen atoms in total. The molecule has 0 aliphatic carbocycles. The van der Waals surface area contributed by atoms with Crippen LogP contribution in [0.2, 0.25) is 0 Å². The monoisotopic (exact) mass is 356 g/mol. The lowest BCUT2D eigenvalue weighted by Crippen LogP contribution is -2.56. The Hall–Kier alpha value is -2.05. The molecule has 1 aliphatic heterocycles. The highest BCUT2D eigenvalue weighted by Gasteiger charge is 2.45. The first kappa shape index (κ1) is 18.7. The van der Waals surface area contributed by atoms with Crippen LogP contribution in [0.4, 0.5) is 0 Å². The van der Waals surface area contributed by atoms with Crippen LogP contribution in [0.3, 0.4) is 0 Å². The molecule has 0 amide bonds. The van der Waals surface area contributed by atoms with Gasteiger partial charge in [0.1, 0.15) is 18.3 Å². The maximum atomic E-state index is 12.6. The van der Waals surface area contributed by atoms with Crippen LogP contribution in [0.25, 0.3) is 0 Å². The number of hydrogen-bond acceptors (Lipinski definition) is 5. The molecule has 138 valence electrons. The molecule has 0 aromatic heterocycles. The molecule has 0 unspecified atom stereocenters. The van der Waals surface area contributed by atoms with E-state index in [1.807, 2.05) is 60.7 Å². The average Bonchev–Trinajstić information content (AvgIpc) is 2.69. The van der Waals surface area contributed by atoms with Crippen molar-refractivity contribution in [2.24, 2.45) is 0 Å². The molecule has 0 bridgehead atoms. The van der Waals surface area contributed by atoms with E-state index in [0.717, 1.165) is 11.1 Å². The molecule has 2 aromatic rings. The van der Waals surface area contributed by atoms with Crippen molar-refractivity contribution in [1.82, 2.24) is 0 Å². The highest BCUT2D eigenvalue weighted by Crippen LogP contribution is 2.25. The SMILES string of the molecule is CO[C@H]1O[C@H](C)C(=O)[C@H](OCc2ccccc2)[C@H]1OCc1ccccc1. The van der Waals surface area contributed by atoms with Crippen LogP contribution < -0.4 is 0 Å². The van der Waals surface area contributed by atoms with Crippen LogP contribution in [-0.4, -0.2) is 37.5 Å². The predicted octanol–water partition coefficient (Wildman–Crippen LogP) is 3.12. The number of ketones is 1. The van der Waals surface area contributed by atoms with Crippen molar-refractivity contribution in [2.75, 3.05) is 7.11 Å². The second kappa shape index (κ2) is 9.05. The van der Waals surface area contributed by atoms with Gasteiger partial charge in [0, 0.05) is 7.11 Å². The van der Waals surface area contributed by atoms with Crippen molar-refractivity contribution in [3.8, 4) is 0 Å². The van der Waals surface area contributed by atoms with E-state index in [0.29, 0.717) is 13.2 Å². The molecule has 1 saturated heterocycles. The normalized spacial score (nSPS) is 26.0. The predicted molar refractivity (Wildman–Crippen MR) is 96.4 cm³/mol. The van der Waals surface area contributed by atoms with Crippen molar-refractivity contribution in [2.45, 2.75) is 44.7 Å². The number of carbonyl (C=O) groups is 1. The van der Waals surface area contributed by atoms with Crippen LogP contribution in [-0.2, 0) is 37.0 Å². The van der Waals surface area contributed by atoms with Crippen molar-refractivity contribution in [3.63, 3.8) is 0 Å². The summed E-state index contributed by atoms with van der Waals surface area (Å²) in [5, 5.41) is 0. The molecule has 0 radical (unpaired) electrons. The van der Waals surface area contributed by atoms with Crippen LogP contribution >= 0.6 is 0 Å². The minimum absolute atomic E-state index is 0.132. The van der Waals surface area contributed by atoms with Gasteiger partial charge in [0.15, 0.2) is 12.1 Å². The van der Waals surface area contributed by atoms with Crippen LogP contribution in [0.5, 0.6) is 0 Å². The van der Waals surface area contributed by atoms with Crippen molar-refractivity contribution < 1.29 is 23.7 Å². The quantitative estimate of drug-likeness (QED) is 0.763. The fourth-order valence-electron chi connectivity index (χ4n) is 2.94. The number of hydrogen-bond donors (Lipinski definition) is 0. The Morgan fingerprint density at radius 3 is 1.96 bits per heavy atom. The highest BCUT2D eigenvalue weighted by molar-refractivity contribution is 5.88. The molecule has 1 heterocycles. The third-order valence-corrected chi connectivity index (χ3v) is 4.38. The summed E-state index contributed by atoms with van der Waals surface area (Å²) in [7, 11) is 1.54. The summed E-state index contributed by atoms with van der Waals surface area (Å²) in [6, 6.07) is 19.5. The van der Waals surface area contributed by atoms with Crippen LogP contribution in [0.15, 0.2) is 60.7 Å². The van der Waals surface area contributed by atoms with Crippen molar-refractivity contribution in [1.29, 1.82) is 0 Å². The van der Waals surface area contributed by atoms with E-state index in [-0.39, 0.29) is 5.78 Å². The van der Waals surface area contributed by atoms with Gasteiger partial charge < -0.3 is 18.9 Å².